The van der Waals surface area contributed by atoms with Crippen LogP contribution in [0.2, 0.25) is 0 Å². The molecular formula is C16H12ClF2NO. The third kappa shape index (κ3) is 2.51. The van der Waals surface area contributed by atoms with Crippen LogP contribution in [0.5, 0.6) is 0 Å². The maximum absolute atomic E-state index is 13.6. The van der Waals surface area contributed by atoms with E-state index in [4.69, 9.17) is 11.6 Å². The van der Waals surface area contributed by atoms with E-state index in [0.717, 1.165) is 23.3 Å². The van der Waals surface area contributed by atoms with Crippen LogP contribution in [0.3, 0.4) is 0 Å². The topological polar surface area (TPSA) is 29.1 Å². The summed E-state index contributed by atoms with van der Waals surface area (Å²) in [6.07, 6.45) is 0.614. The molecule has 2 aromatic rings. The van der Waals surface area contributed by atoms with Crippen LogP contribution in [0.1, 0.15) is 27.5 Å². The highest BCUT2D eigenvalue weighted by molar-refractivity contribution is 6.21. The van der Waals surface area contributed by atoms with E-state index in [0.29, 0.717) is 6.42 Å². The van der Waals surface area contributed by atoms with E-state index in [1.54, 1.807) is 0 Å². The van der Waals surface area contributed by atoms with Gasteiger partial charge >= 0.3 is 0 Å². The zero-order valence-corrected chi connectivity index (χ0v) is 11.7. The lowest BCUT2D eigenvalue weighted by molar-refractivity contribution is 0.0928. The van der Waals surface area contributed by atoms with Crippen LogP contribution in [0.25, 0.3) is 0 Å². The van der Waals surface area contributed by atoms with E-state index in [9.17, 15) is 13.6 Å². The van der Waals surface area contributed by atoms with Gasteiger partial charge in [-0.15, -0.1) is 11.6 Å². The monoisotopic (exact) mass is 307 g/mol. The Morgan fingerprint density at radius 3 is 2.48 bits per heavy atom. The molecule has 1 N–H and O–H groups in total. The quantitative estimate of drug-likeness (QED) is 0.844. The molecule has 5 heteroatoms. The van der Waals surface area contributed by atoms with Gasteiger partial charge in [0.25, 0.3) is 5.91 Å². The fourth-order valence-corrected chi connectivity index (χ4v) is 3.01. The summed E-state index contributed by atoms with van der Waals surface area (Å²) >= 11 is 6.25. The first-order valence-electron chi connectivity index (χ1n) is 6.54. The second-order valence-corrected chi connectivity index (χ2v) is 5.53. The van der Waals surface area contributed by atoms with E-state index in [1.165, 1.54) is 6.07 Å². The number of halogens is 3. The Morgan fingerprint density at radius 2 is 1.76 bits per heavy atom. The third-order valence-corrected chi connectivity index (χ3v) is 4.05. The summed E-state index contributed by atoms with van der Waals surface area (Å²) in [6, 6.07) is 10.4. The first-order valence-corrected chi connectivity index (χ1v) is 6.98. The van der Waals surface area contributed by atoms with Crippen LogP contribution >= 0.6 is 11.6 Å². The van der Waals surface area contributed by atoms with Crippen LogP contribution in [-0.2, 0) is 6.42 Å². The molecule has 0 saturated heterocycles. The van der Waals surface area contributed by atoms with Crippen LogP contribution in [0, 0.1) is 11.6 Å². The van der Waals surface area contributed by atoms with Crippen molar-refractivity contribution in [2.24, 2.45) is 0 Å². The largest absolute Gasteiger partial charge is 0.344 e. The molecule has 0 aromatic heterocycles. The minimum Gasteiger partial charge on any atom is -0.344 e. The molecule has 0 fully saturated rings. The number of amides is 1. The molecular weight excluding hydrogens is 296 g/mol. The molecule has 0 spiro atoms. The van der Waals surface area contributed by atoms with Gasteiger partial charge in [-0.05, 0) is 29.7 Å². The number of carbonyl (C=O) groups excluding carboxylic acids is 1. The van der Waals surface area contributed by atoms with Crippen molar-refractivity contribution in [3.63, 3.8) is 0 Å². The van der Waals surface area contributed by atoms with Crippen LogP contribution in [0.4, 0.5) is 8.78 Å². The van der Waals surface area contributed by atoms with Gasteiger partial charge in [-0.3, -0.25) is 4.79 Å². The molecule has 2 nitrogen and oxygen atoms in total. The highest BCUT2D eigenvalue weighted by Crippen LogP contribution is 2.35. The second-order valence-electron chi connectivity index (χ2n) is 4.97. The van der Waals surface area contributed by atoms with Crippen molar-refractivity contribution in [1.29, 1.82) is 0 Å². The number of benzene rings is 2. The fraction of sp³-hybridized carbons (Fsp3) is 0.188. The summed E-state index contributed by atoms with van der Waals surface area (Å²) in [5, 5.41) is 2.30. The van der Waals surface area contributed by atoms with Crippen LogP contribution in [0.15, 0.2) is 42.5 Å². The number of nitrogens with one attached hydrogen (secondary N) is 1. The van der Waals surface area contributed by atoms with Crippen LogP contribution < -0.4 is 5.32 Å². The first kappa shape index (κ1) is 14.0. The Bertz CT molecular complexity index is 684. The lowest BCUT2D eigenvalue weighted by atomic mass is 10.1. The predicted octanol–water partition coefficient (Wildman–Crippen LogP) is 3.60. The van der Waals surface area contributed by atoms with Crippen molar-refractivity contribution in [2.45, 2.75) is 17.8 Å². The number of rotatable bonds is 2. The van der Waals surface area contributed by atoms with Gasteiger partial charge in [0.15, 0.2) is 0 Å². The molecule has 1 aliphatic rings. The molecule has 0 saturated carbocycles. The van der Waals surface area contributed by atoms with E-state index in [-0.39, 0.29) is 5.38 Å². The zero-order chi connectivity index (χ0) is 15.0. The Hall–Kier alpha value is -1.94. The van der Waals surface area contributed by atoms with Gasteiger partial charge in [0, 0.05) is 0 Å². The summed E-state index contributed by atoms with van der Waals surface area (Å²) in [6.45, 7) is 0. The summed E-state index contributed by atoms with van der Waals surface area (Å²) in [7, 11) is 0. The van der Waals surface area contributed by atoms with E-state index in [1.807, 2.05) is 24.3 Å². The Labute approximate surface area is 125 Å². The summed E-state index contributed by atoms with van der Waals surface area (Å²) in [4.78, 5) is 12.1. The van der Waals surface area contributed by atoms with Crippen molar-refractivity contribution in [1.82, 2.24) is 5.32 Å². The average molecular weight is 308 g/mol. The van der Waals surface area contributed by atoms with Crippen molar-refractivity contribution in [3.8, 4) is 0 Å². The predicted molar refractivity (Wildman–Crippen MR) is 76.4 cm³/mol. The number of hydrogen-bond donors (Lipinski definition) is 1. The molecule has 3 rings (SSSR count). The molecule has 0 heterocycles. The lowest BCUT2D eigenvalue weighted by Gasteiger charge is -2.18. The highest BCUT2D eigenvalue weighted by Gasteiger charge is 2.33. The fourth-order valence-electron chi connectivity index (χ4n) is 2.64. The number of alkyl halides is 1. The maximum Gasteiger partial charge on any atom is 0.257 e. The lowest BCUT2D eigenvalue weighted by Crippen LogP contribution is -2.33. The summed E-state index contributed by atoms with van der Waals surface area (Å²) < 4.78 is 27.3. The highest BCUT2D eigenvalue weighted by atomic mass is 35.5. The SMILES string of the molecule is O=C(NC1c2ccccc2CC1Cl)c1c(F)cccc1F. The minimum absolute atomic E-state index is 0.332. The van der Waals surface area contributed by atoms with Gasteiger partial charge in [-0.1, -0.05) is 30.3 Å². The van der Waals surface area contributed by atoms with Gasteiger partial charge in [-0.25, -0.2) is 8.78 Å². The number of fused-ring (bicyclic) bond motifs is 1. The molecule has 1 aliphatic carbocycles. The van der Waals surface area contributed by atoms with Crippen molar-refractivity contribution >= 4 is 17.5 Å². The third-order valence-electron chi connectivity index (χ3n) is 3.64. The van der Waals surface area contributed by atoms with Crippen molar-refractivity contribution in [2.75, 3.05) is 0 Å². The molecule has 2 atom stereocenters. The van der Waals surface area contributed by atoms with Crippen LogP contribution in [-0.4, -0.2) is 11.3 Å². The smallest absolute Gasteiger partial charge is 0.257 e. The summed E-state index contributed by atoms with van der Waals surface area (Å²) in [5.41, 5.74) is 1.35. The van der Waals surface area contributed by atoms with E-state index < -0.39 is 29.1 Å². The number of carbonyl (C=O) groups is 1. The van der Waals surface area contributed by atoms with Gasteiger partial charge in [0.1, 0.15) is 17.2 Å². The first-order chi connectivity index (χ1) is 10.1. The van der Waals surface area contributed by atoms with Crippen molar-refractivity contribution in [3.05, 3.63) is 70.8 Å². The molecule has 1 amide bonds. The minimum atomic E-state index is -0.884. The Balaban J connectivity index is 1.89. The number of hydrogen-bond acceptors (Lipinski definition) is 1. The Morgan fingerprint density at radius 1 is 1.10 bits per heavy atom. The standard InChI is InChI=1S/C16H12ClF2NO/c17-11-8-9-4-1-2-5-10(9)15(11)20-16(21)14-12(18)6-3-7-13(14)19/h1-7,11,15H,8H2,(H,20,21). The second kappa shape index (κ2) is 5.45. The van der Waals surface area contributed by atoms with Gasteiger partial charge in [0.2, 0.25) is 0 Å². The molecule has 0 radical (unpaired) electrons. The molecule has 108 valence electrons. The van der Waals surface area contributed by atoms with Gasteiger partial charge in [0.05, 0.1) is 11.4 Å². The molecule has 2 aromatic carbocycles. The van der Waals surface area contributed by atoms with Gasteiger partial charge in [-0.2, -0.15) is 0 Å². The Kier molecular flexibility index (Phi) is 3.64. The van der Waals surface area contributed by atoms with E-state index in [2.05, 4.69) is 5.32 Å². The molecule has 2 unspecified atom stereocenters. The maximum atomic E-state index is 13.6. The molecule has 0 bridgehead atoms. The zero-order valence-electron chi connectivity index (χ0n) is 10.9. The average Bonchev–Trinajstić information content (AvgIpc) is 2.75. The summed E-state index contributed by atoms with van der Waals surface area (Å²) in [5.74, 6) is -2.56. The van der Waals surface area contributed by atoms with Gasteiger partial charge < -0.3 is 5.32 Å². The normalized spacial score (nSPS) is 20.1. The van der Waals surface area contributed by atoms with Crippen molar-refractivity contribution < 1.29 is 13.6 Å². The van der Waals surface area contributed by atoms with E-state index >= 15 is 0 Å². The molecule has 21 heavy (non-hydrogen) atoms. The molecule has 0 aliphatic heterocycles.